The van der Waals surface area contributed by atoms with Gasteiger partial charge in [-0.3, -0.25) is 19.2 Å². The predicted molar refractivity (Wildman–Crippen MR) is 151 cm³/mol. The molecule has 4 aromatic rings. The first-order valence-corrected chi connectivity index (χ1v) is 14.4. The molecule has 1 fully saturated rings. The number of rotatable bonds is 6. The van der Waals surface area contributed by atoms with Gasteiger partial charge in [0.25, 0.3) is 5.91 Å². The monoisotopic (exact) mass is 629 g/mol. The van der Waals surface area contributed by atoms with Crippen LogP contribution in [0.3, 0.4) is 0 Å². The molecular formula is C29H19F4N3O5S2. The van der Waals surface area contributed by atoms with Gasteiger partial charge in [0.15, 0.2) is 6.61 Å². The quantitative estimate of drug-likeness (QED) is 0.218. The highest BCUT2D eigenvalue weighted by atomic mass is 32.2. The van der Waals surface area contributed by atoms with E-state index in [1.54, 1.807) is 24.3 Å². The summed E-state index contributed by atoms with van der Waals surface area (Å²) < 4.78 is 59.0. The lowest BCUT2D eigenvalue weighted by Gasteiger charge is -2.30. The van der Waals surface area contributed by atoms with E-state index in [-0.39, 0.29) is 16.3 Å². The van der Waals surface area contributed by atoms with E-state index in [9.17, 15) is 36.7 Å². The summed E-state index contributed by atoms with van der Waals surface area (Å²) in [5.41, 5.74) is -0.310. The van der Waals surface area contributed by atoms with Crippen LogP contribution in [-0.2, 0) is 20.6 Å². The molecule has 3 amide bonds. The van der Waals surface area contributed by atoms with Crippen molar-refractivity contribution >= 4 is 52.2 Å². The predicted octanol–water partition coefficient (Wildman–Crippen LogP) is 5.41. The lowest BCUT2D eigenvalue weighted by Crippen LogP contribution is -2.32. The third kappa shape index (κ3) is 5.55. The van der Waals surface area contributed by atoms with E-state index in [0.717, 1.165) is 46.2 Å². The van der Waals surface area contributed by atoms with Gasteiger partial charge in [-0.25, -0.2) is 9.29 Å². The highest BCUT2D eigenvalue weighted by molar-refractivity contribution is 8.00. The highest BCUT2D eigenvalue weighted by Gasteiger charge is 2.56. The van der Waals surface area contributed by atoms with Gasteiger partial charge in [-0.05, 0) is 60.2 Å². The molecule has 0 bridgehead atoms. The van der Waals surface area contributed by atoms with E-state index in [1.165, 1.54) is 30.3 Å². The Morgan fingerprint density at radius 3 is 2.47 bits per heavy atom. The molecule has 0 saturated carbocycles. The smallest absolute Gasteiger partial charge is 0.416 e. The van der Waals surface area contributed by atoms with Crippen molar-refractivity contribution in [2.75, 3.05) is 16.8 Å². The molecule has 2 aliphatic heterocycles. The summed E-state index contributed by atoms with van der Waals surface area (Å²) >= 11 is 1.88. The number of thioether (sulfide) groups is 1. The maximum Gasteiger partial charge on any atom is 0.416 e. The Kier molecular flexibility index (Phi) is 7.34. The Bertz CT molecular complexity index is 1800. The molecule has 2 N–H and O–H groups in total. The van der Waals surface area contributed by atoms with Crippen LogP contribution in [0.15, 0.2) is 82.6 Å². The summed E-state index contributed by atoms with van der Waals surface area (Å²) in [4.78, 5) is 55.7. The summed E-state index contributed by atoms with van der Waals surface area (Å²) in [7, 11) is 0. The lowest BCUT2D eigenvalue weighted by molar-refractivity contribution is -0.137. The summed E-state index contributed by atoms with van der Waals surface area (Å²) in [5, 5.41) is 1.98. The fourth-order valence-corrected chi connectivity index (χ4v) is 7.64. The van der Waals surface area contributed by atoms with Crippen LogP contribution < -0.4 is 19.8 Å². The molecule has 43 heavy (non-hydrogen) atoms. The van der Waals surface area contributed by atoms with Crippen molar-refractivity contribution in [2.45, 2.75) is 22.4 Å². The van der Waals surface area contributed by atoms with Crippen LogP contribution in [0.1, 0.15) is 21.9 Å². The maximum absolute atomic E-state index is 13.8. The number of carbonyl (C=O) groups is 3. The Hall–Kier alpha value is -4.43. The number of aromatic nitrogens is 1. The number of hydrogen-bond acceptors (Lipinski definition) is 7. The van der Waals surface area contributed by atoms with Crippen molar-refractivity contribution in [1.29, 1.82) is 0 Å². The van der Waals surface area contributed by atoms with Crippen molar-refractivity contribution < 1.29 is 36.7 Å². The van der Waals surface area contributed by atoms with Gasteiger partial charge in [0.1, 0.15) is 16.8 Å². The minimum Gasteiger partial charge on any atom is -0.484 e. The number of ether oxygens (including phenoxy) is 1. The number of benzene rings is 3. The first kappa shape index (κ1) is 28.7. The zero-order valence-corrected chi connectivity index (χ0v) is 23.3. The van der Waals surface area contributed by atoms with Crippen LogP contribution in [0.2, 0.25) is 0 Å². The average Bonchev–Trinajstić information content (AvgIpc) is 3.47. The summed E-state index contributed by atoms with van der Waals surface area (Å²) in [5.74, 6) is -3.90. The maximum atomic E-state index is 13.8. The summed E-state index contributed by atoms with van der Waals surface area (Å²) in [6, 6.07) is 15.7. The number of aromatic amines is 1. The Morgan fingerprint density at radius 2 is 1.72 bits per heavy atom. The number of alkyl halides is 3. The SMILES string of the molecule is O=C(COc1cccc([C@@H]2c3sc(=O)[nH]c3S[C@H]3C(=O)N(c4cccc(C(F)(F)F)c4)C(=O)[C@@H]23)c1)Nc1ccc(F)cc1. The fourth-order valence-electron chi connectivity index (χ4n) is 5.13. The van der Waals surface area contributed by atoms with Gasteiger partial charge >= 0.3 is 11.0 Å². The second kappa shape index (κ2) is 11.0. The number of anilines is 2. The lowest BCUT2D eigenvalue weighted by atomic mass is 9.83. The Labute approximate surface area is 248 Å². The molecule has 0 spiro atoms. The van der Waals surface area contributed by atoms with E-state index in [1.807, 2.05) is 0 Å². The molecule has 0 radical (unpaired) electrons. The first-order chi connectivity index (χ1) is 20.5. The number of imide groups is 1. The van der Waals surface area contributed by atoms with Crippen molar-refractivity contribution in [2.24, 2.45) is 5.92 Å². The van der Waals surface area contributed by atoms with Gasteiger partial charge in [0, 0.05) is 16.5 Å². The average molecular weight is 630 g/mol. The van der Waals surface area contributed by atoms with E-state index < -0.39 is 59.0 Å². The van der Waals surface area contributed by atoms with Crippen molar-refractivity contribution in [3.63, 3.8) is 0 Å². The molecule has 0 unspecified atom stereocenters. The number of nitrogens with zero attached hydrogens (tertiary/aromatic N) is 1. The van der Waals surface area contributed by atoms with Gasteiger partial charge in [0.05, 0.1) is 22.2 Å². The van der Waals surface area contributed by atoms with Crippen LogP contribution in [0.4, 0.5) is 28.9 Å². The molecule has 6 rings (SSSR count). The number of fused-ring (bicyclic) bond motifs is 2. The van der Waals surface area contributed by atoms with E-state index in [0.29, 0.717) is 21.2 Å². The number of hydrogen-bond donors (Lipinski definition) is 2. The number of H-pyrrole nitrogens is 1. The molecule has 2 aliphatic rings. The summed E-state index contributed by atoms with van der Waals surface area (Å²) in [6.45, 7) is -0.392. The molecule has 1 saturated heterocycles. The molecule has 14 heteroatoms. The van der Waals surface area contributed by atoms with Gasteiger partial charge in [-0.15, -0.1) is 0 Å². The minimum absolute atomic E-state index is 0.195. The molecule has 220 valence electrons. The van der Waals surface area contributed by atoms with Gasteiger partial charge in [-0.1, -0.05) is 41.3 Å². The minimum atomic E-state index is -4.67. The normalized spacial score (nSPS) is 19.6. The highest BCUT2D eigenvalue weighted by Crippen LogP contribution is 2.53. The fraction of sp³-hybridized carbons (Fsp3) is 0.172. The Morgan fingerprint density at radius 1 is 0.977 bits per heavy atom. The third-order valence-electron chi connectivity index (χ3n) is 6.97. The molecule has 8 nitrogen and oxygen atoms in total. The first-order valence-electron chi connectivity index (χ1n) is 12.7. The third-order valence-corrected chi connectivity index (χ3v) is 9.37. The van der Waals surface area contributed by atoms with Crippen LogP contribution >= 0.6 is 23.1 Å². The van der Waals surface area contributed by atoms with Crippen molar-refractivity contribution in [1.82, 2.24) is 4.98 Å². The van der Waals surface area contributed by atoms with Gasteiger partial charge < -0.3 is 15.0 Å². The number of carbonyl (C=O) groups excluding carboxylic acids is 3. The topological polar surface area (TPSA) is 109 Å². The molecule has 3 atom stereocenters. The second-order valence-corrected chi connectivity index (χ2v) is 11.9. The van der Waals surface area contributed by atoms with E-state index in [2.05, 4.69) is 10.3 Å². The Balaban J connectivity index is 1.29. The van der Waals surface area contributed by atoms with Gasteiger partial charge in [0.2, 0.25) is 11.8 Å². The van der Waals surface area contributed by atoms with E-state index >= 15 is 0 Å². The van der Waals surface area contributed by atoms with Crippen molar-refractivity contribution in [3.05, 3.63) is 104 Å². The van der Waals surface area contributed by atoms with Crippen LogP contribution in [0, 0.1) is 11.7 Å². The number of halogens is 4. The second-order valence-electron chi connectivity index (χ2n) is 9.73. The van der Waals surface area contributed by atoms with Crippen molar-refractivity contribution in [3.8, 4) is 5.75 Å². The summed E-state index contributed by atoms with van der Waals surface area (Å²) in [6.07, 6.45) is -4.67. The largest absolute Gasteiger partial charge is 0.484 e. The standard InChI is InChI=1S/C29H19F4N3O5S2/c30-16-7-9-17(10-8-16)34-20(37)13-41-19-6-1-3-14(11-19)21-22-24(42-25-23(21)43-28(40)35-25)27(39)36(26(22)38)18-5-2-4-15(12-18)29(31,32)33/h1-12,21-22,24H,13H2,(H,34,37)(H,35,40)/t21-,22-,24+/m0/s1. The number of thiazole rings is 1. The number of nitrogens with one attached hydrogen (secondary N) is 2. The van der Waals surface area contributed by atoms with Crippen LogP contribution in [0.25, 0.3) is 0 Å². The molecule has 3 aromatic carbocycles. The van der Waals surface area contributed by atoms with Crippen LogP contribution in [-0.4, -0.2) is 34.6 Å². The zero-order valence-electron chi connectivity index (χ0n) is 21.7. The molecule has 1 aromatic heterocycles. The van der Waals surface area contributed by atoms with E-state index in [4.69, 9.17) is 4.74 Å². The van der Waals surface area contributed by atoms with Crippen LogP contribution in [0.5, 0.6) is 5.75 Å². The molecule has 3 heterocycles. The number of amides is 3. The molecule has 0 aliphatic carbocycles. The molecular weight excluding hydrogens is 610 g/mol. The van der Waals surface area contributed by atoms with Gasteiger partial charge in [-0.2, -0.15) is 13.2 Å². The zero-order chi connectivity index (χ0) is 30.5.